The van der Waals surface area contributed by atoms with Crippen LogP contribution in [0.2, 0.25) is 0 Å². The molecule has 0 aliphatic rings. The number of para-hydroxylation sites is 1. The molecule has 2 aromatic carbocycles. The molecule has 0 unspecified atom stereocenters. The summed E-state index contributed by atoms with van der Waals surface area (Å²) in [6, 6.07) is 13.9. The van der Waals surface area contributed by atoms with Crippen LogP contribution in [0.5, 0.6) is 5.75 Å². The minimum absolute atomic E-state index is 0.288. The van der Waals surface area contributed by atoms with E-state index in [9.17, 15) is 9.59 Å². The molecule has 21 heavy (non-hydrogen) atoms. The van der Waals surface area contributed by atoms with Crippen molar-refractivity contribution in [2.45, 2.75) is 6.92 Å². The minimum atomic E-state index is -0.288. The summed E-state index contributed by atoms with van der Waals surface area (Å²) in [6.45, 7) is 2.50. The van der Waals surface area contributed by atoms with Crippen molar-refractivity contribution in [3.05, 3.63) is 54.1 Å². The lowest BCUT2D eigenvalue weighted by Crippen LogP contribution is -2.14. The molecule has 0 saturated heterocycles. The summed E-state index contributed by atoms with van der Waals surface area (Å²) < 4.78 is 5.34. The number of carbonyl (C=O) groups is 2. The molecule has 2 N–H and O–H groups in total. The van der Waals surface area contributed by atoms with Gasteiger partial charge in [0.05, 0.1) is 17.9 Å². The van der Waals surface area contributed by atoms with E-state index in [1.54, 1.807) is 48.5 Å². The number of hydrogen-bond acceptors (Lipinski definition) is 3. The molecule has 5 heteroatoms. The quantitative estimate of drug-likeness (QED) is 0.801. The SMILES string of the molecule is CCOc1ccc(NC(=O)c2ccccc2NC=O)cc1. The number of benzene rings is 2. The fourth-order valence-corrected chi connectivity index (χ4v) is 1.87. The highest BCUT2D eigenvalue weighted by Crippen LogP contribution is 2.19. The van der Waals surface area contributed by atoms with Crippen LogP contribution in [-0.4, -0.2) is 18.9 Å². The number of nitrogens with one attached hydrogen (secondary N) is 2. The van der Waals surface area contributed by atoms with E-state index < -0.39 is 0 Å². The smallest absolute Gasteiger partial charge is 0.257 e. The maximum absolute atomic E-state index is 12.2. The zero-order valence-electron chi connectivity index (χ0n) is 11.6. The minimum Gasteiger partial charge on any atom is -0.494 e. The van der Waals surface area contributed by atoms with Crippen molar-refractivity contribution in [2.24, 2.45) is 0 Å². The van der Waals surface area contributed by atoms with Crippen molar-refractivity contribution in [2.75, 3.05) is 17.2 Å². The first-order valence-electron chi connectivity index (χ1n) is 6.58. The van der Waals surface area contributed by atoms with Crippen molar-refractivity contribution >= 4 is 23.7 Å². The summed E-state index contributed by atoms with van der Waals surface area (Å²) >= 11 is 0. The number of carbonyl (C=O) groups excluding carboxylic acids is 2. The van der Waals surface area contributed by atoms with Crippen LogP contribution in [0, 0.1) is 0 Å². The Balaban J connectivity index is 2.12. The first kappa shape index (κ1) is 14.6. The van der Waals surface area contributed by atoms with E-state index in [-0.39, 0.29) is 5.91 Å². The molecule has 0 saturated carbocycles. The molecule has 2 rings (SSSR count). The Morgan fingerprint density at radius 1 is 1.14 bits per heavy atom. The molecule has 108 valence electrons. The topological polar surface area (TPSA) is 67.4 Å². The predicted octanol–water partition coefficient (Wildman–Crippen LogP) is 2.91. The lowest BCUT2D eigenvalue weighted by molar-refractivity contribution is -0.105. The molecule has 0 heterocycles. The van der Waals surface area contributed by atoms with Crippen molar-refractivity contribution < 1.29 is 14.3 Å². The Hall–Kier alpha value is -2.82. The molecule has 0 atom stereocenters. The van der Waals surface area contributed by atoms with Crippen LogP contribution in [0.15, 0.2) is 48.5 Å². The zero-order chi connectivity index (χ0) is 15.1. The van der Waals surface area contributed by atoms with E-state index in [1.807, 2.05) is 6.92 Å². The average Bonchev–Trinajstić information content (AvgIpc) is 2.50. The Kier molecular flexibility index (Phi) is 4.93. The predicted molar refractivity (Wildman–Crippen MR) is 81.7 cm³/mol. The fraction of sp³-hybridized carbons (Fsp3) is 0.125. The highest BCUT2D eigenvalue weighted by atomic mass is 16.5. The van der Waals surface area contributed by atoms with Crippen LogP contribution in [0.1, 0.15) is 17.3 Å². The third-order valence-corrected chi connectivity index (χ3v) is 2.81. The molecule has 0 radical (unpaired) electrons. The van der Waals surface area contributed by atoms with Gasteiger partial charge in [-0.1, -0.05) is 12.1 Å². The number of rotatable bonds is 6. The molecule has 0 aliphatic carbocycles. The Labute approximate surface area is 122 Å². The molecule has 2 aromatic rings. The summed E-state index contributed by atoms with van der Waals surface area (Å²) in [5.74, 6) is 0.461. The van der Waals surface area contributed by atoms with Gasteiger partial charge in [-0.05, 0) is 43.3 Å². The van der Waals surface area contributed by atoms with Crippen LogP contribution in [0.25, 0.3) is 0 Å². The van der Waals surface area contributed by atoms with Crippen molar-refractivity contribution in [1.82, 2.24) is 0 Å². The van der Waals surface area contributed by atoms with Gasteiger partial charge in [0.25, 0.3) is 5.91 Å². The monoisotopic (exact) mass is 284 g/mol. The van der Waals surface area contributed by atoms with Gasteiger partial charge >= 0.3 is 0 Å². The van der Waals surface area contributed by atoms with Gasteiger partial charge in [-0.25, -0.2) is 0 Å². The standard InChI is InChI=1S/C16H16N2O3/c1-2-21-13-9-7-12(8-10-13)18-16(20)14-5-3-4-6-15(14)17-11-19/h3-11H,2H2,1H3,(H,17,19)(H,18,20). The van der Waals surface area contributed by atoms with E-state index >= 15 is 0 Å². The maximum Gasteiger partial charge on any atom is 0.257 e. The molecule has 5 nitrogen and oxygen atoms in total. The van der Waals surface area contributed by atoms with Gasteiger partial charge in [0, 0.05) is 5.69 Å². The molecule has 0 aromatic heterocycles. The van der Waals surface area contributed by atoms with E-state index in [2.05, 4.69) is 10.6 Å². The van der Waals surface area contributed by atoms with E-state index in [0.29, 0.717) is 30.0 Å². The number of ether oxygens (including phenoxy) is 1. The third-order valence-electron chi connectivity index (χ3n) is 2.81. The molecule has 0 aliphatic heterocycles. The number of hydrogen-bond donors (Lipinski definition) is 2. The molecular formula is C16H16N2O3. The van der Waals surface area contributed by atoms with Crippen molar-refractivity contribution in [3.8, 4) is 5.75 Å². The van der Waals surface area contributed by atoms with E-state index in [0.717, 1.165) is 5.75 Å². The summed E-state index contributed by atoms with van der Waals surface area (Å²) in [4.78, 5) is 22.8. The highest BCUT2D eigenvalue weighted by Gasteiger charge is 2.10. The van der Waals surface area contributed by atoms with E-state index in [4.69, 9.17) is 4.74 Å². The Bertz CT molecular complexity index is 624. The first-order valence-corrected chi connectivity index (χ1v) is 6.58. The van der Waals surface area contributed by atoms with Gasteiger partial charge < -0.3 is 15.4 Å². The molecule has 2 amide bonds. The number of amides is 2. The summed E-state index contributed by atoms with van der Waals surface area (Å²) in [5, 5.41) is 5.28. The molecule has 0 spiro atoms. The van der Waals surface area contributed by atoms with Crippen LogP contribution in [0.4, 0.5) is 11.4 Å². The van der Waals surface area contributed by atoms with Gasteiger partial charge in [-0.2, -0.15) is 0 Å². The van der Waals surface area contributed by atoms with Crippen molar-refractivity contribution in [3.63, 3.8) is 0 Å². The first-order chi connectivity index (χ1) is 10.2. The Morgan fingerprint density at radius 2 is 1.86 bits per heavy atom. The van der Waals surface area contributed by atoms with Crippen LogP contribution < -0.4 is 15.4 Å². The fourth-order valence-electron chi connectivity index (χ4n) is 1.87. The molecule has 0 bridgehead atoms. The van der Waals surface area contributed by atoms with Gasteiger partial charge in [0.2, 0.25) is 6.41 Å². The van der Waals surface area contributed by atoms with Gasteiger partial charge in [0.15, 0.2) is 0 Å². The van der Waals surface area contributed by atoms with Gasteiger partial charge in [-0.3, -0.25) is 9.59 Å². The normalized spacial score (nSPS) is 9.76. The second kappa shape index (κ2) is 7.09. The van der Waals surface area contributed by atoms with Gasteiger partial charge in [0.1, 0.15) is 5.75 Å². The zero-order valence-corrected chi connectivity index (χ0v) is 11.6. The average molecular weight is 284 g/mol. The largest absolute Gasteiger partial charge is 0.494 e. The van der Waals surface area contributed by atoms with E-state index in [1.165, 1.54) is 0 Å². The second-order valence-corrected chi connectivity index (χ2v) is 4.22. The maximum atomic E-state index is 12.2. The van der Waals surface area contributed by atoms with Crippen LogP contribution in [0.3, 0.4) is 0 Å². The number of anilines is 2. The van der Waals surface area contributed by atoms with Crippen LogP contribution >= 0.6 is 0 Å². The van der Waals surface area contributed by atoms with Gasteiger partial charge in [-0.15, -0.1) is 0 Å². The second-order valence-electron chi connectivity index (χ2n) is 4.22. The third kappa shape index (κ3) is 3.82. The Morgan fingerprint density at radius 3 is 2.52 bits per heavy atom. The molecular weight excluding hydrogens is 268 g/mol. The van der Waals surface area contributed by atoms with Crippen molar-refractivity contribution in [1.29, 1.82) is 0 Å². The summed E-state index contributed by atoms with van der Waals surface area (Å²) in [7, 11) is 0. The summed E-state index contributed by atoms with van der Waals surface area (Å²) in [6.07, 6.45) is 0.545. The summed E-state index contributed by atoms with van der Waals surface area (Å²) in [5.41, 5.74) is 1.53. The lowest BCUT2D eigenvalue weighted by Gasteiger charge is -2.10. The molecule has 0 fully saturated rings. The lowest BCUT2D eigenvalue weighted by atomic mass is 10.1. The van der Waals surface area contributed by atoms with Crippen LogP contribution in [-0.2, 0) is 4.79 Å². The highest BCUT2D eigenvalue weighted by molar-refractivity contribution is 6.08.